The summed E-state index contributed by atoms with van der Waals surface area (Å²) in [6.07, 6.45) is 3.17. The second-order valence-corrected chi connectivity index (χ2v) is 7.99. The van der Waals surface area contributed by atoms with Gasteiger partial charge in [0.1, 0.15) is 5.75 Å². The molecule has 32 heavy (non-hydrogen) atoms. The molecule has 0 bridgehead atoms. The van der Waals surface area contributed by atoms with E-state index in [2.05, 4.69) is 33.7 Å². The lowest BCUT2D eigenvalue weighted by Crippen LogP contribution is -2.38. The van der Waals surface area contributed by atoms with Gasteiger partial charge in [0.25, 0.3) is 11.5 Å². The Kier molecular flexibility index (Phi) is 6.39. The van der Waals surface area contributed by atoms with Gasteiger partial charge in [0.15, 0.2) is 0 Å². The number of nitrogens with one attached hydrogen (secondary N) is 1. The van der Waals surface area contributed by atoms with Crippen molar-refractivity contribution in [2.24, 2.45) is 0 Å². The Balaban J connectivity index is 1.52. The van der Waals surface area contributed by atoms with Crippen LogP contribution in [-0.4, -0.2) is 59.0 Å². The summed E-state index contributed by atoms with van der Waals surface area (Å²) in [6, 6.07) is 9.20. The van der Waals surface area contributed by atoms with Crippen molar-refractivity contribution in [2.75, 3.05) is 38.2 Å². The van der Waals surface area contributed by atoms with Gasteiger partial charge in [0, 0.05) is 49.6 Å². The van der Waals surface area contributed by atoms with Gasteiger partial charge in [0.05, 0.1) is 18.0 Å². The molecule has 0 aliphatic carbocycles. The van der Waals surface area contributed by atoms with Crippen LogP contribution in [0, 0.1) is 0 Å². The van der Waals surface area contributed by atoms with Crippen LogP contribution in [0.5, 0.6) is 5.75 Å². The third-order valence-electron chi connectivity index (χ3n) is 6.19. The molecule has 0 spiro atoms. The Bertz CT molecular complexity index is 1160. The number of fused-ring (bicyclic) bond motifs is 1. The largest absolute Gasteiger partial charge is 0.497 e. The summed E-state index contributed by atoms with van der Waals surface area (Å²) >= 11 is 0. The average molecular weight is 436 g/mol. The van der Waals surface area contributed by atoms with Crippen LogP contribution in [0.25, 0.3) is 10.9 Å². The quantitative estimate of drug-likeness (QED) is 0.639. The monoisotopic (exact) mass is 435 g/mol. The van der Waals surface area contributed by atoms with E-state index in [0.29, 0.717) is 41.3 Å². The number of aromatic amines is 1. The van der Waals surface area contributed by atoms with Gasteiger partial charge in [-0.05, 0) is 51.0 Å². The maximum absolute atomic E-state index is 12.9. The maximum atomic E-state index is 12.9. The number of pyridine rings is 1. The van der Waals surface area contributed by atoms with E-state index >= 15 is 0 Å². The molecule has 1 aliphatic rings. The number of hydrogen-bond acceptors (Lipinski definition) is 6. The van der Waals surface area contributed by atoms with Crippen LogP contribution in [0.15, 0.2) is 41.3 Å². The molecule has 3 aromatic rings. The van der Waals surface area contributed by atoms with Gasteiger partial charge in [-0.1, -0.05) is 6.07 Å². The number of likely N-dealkylation sites (tertiary alicyclic amines) is 1. The summed E-state index contributed by atoms with van der Waals surface area (Å²) in [4.78, 5) is 41.5. The molecule has 8 heteroatoms. The van der Waals surface area contributed by atoms with E-state index < -0.39 is 0 Å². The number of H-pyrrole nitrogens is 1. The Labute approximate surface area is 187 Å². The van der Waals surface area contributed by atoms with Crippen LogP contribution < -0.4 is 15.2 Å². The second-order valence-electron chi connectivity index (χ2n) is 7.99. The second kappa shape index (κ2) is 9.38. The molecule has 1 aliphatic heterocycles. The molecule has 1 N–H and O–H groups in total. The number of methoxy groups -OCH3 is 1. The average Bonchev–Trinajstić information content (AvgIpc) is 2.84. The zero-order valence-electron chi connectivity index (χ0n) is 18.8. The number of ether oxygens (including phenoxy) is 1. The molecular formula is C24H29N5O3. The number of hydrogen-bond donors (Lipinski definition) is 1. The number of aromatic nitrogens is 3. The van der Waals surface area contributed by atoms with Crippen LogP contribution in [0.4, 0.5) is 5.95 Å². The molecule has 0 saturated carbocycles. The Morgan fingerprint density at radius 1 is 1.22 bits per heavy atom. The van der Waals surface area contributed by atoms with E-state index in [1.165, 1.54) is 0 Å². The molecule has 1 fully saturated rings. The lowest BCUT2D eigenvalue weighted by molar-refractivity contribution is 0.0711. The van der Waals surface area contributed by atoms with Crippen molar-refractivity contribution in [3.63, 3.8) is 0 Å². The minimum absolute atomic E-state index is 0.00552. The predicted molar refractivity (Wildman–Crippen MR) is 125 cm³/mol. The van der Waals surface area contributed by atoms with Gasteiger partial charge in [-0.15, -0.1) is 0 Å². The molecule has 0 radical (unpaired) electrons. The van der Waals surface area contributed by atoms with Crippen molar-refractivity contribution in [2.45, 2.75) is 32.6 Å². The van der Waals surface area contributed by atoms with Gasteiger partial charge in [0.2, 0.25) is 5.95 Å². The number of benzene rings is 1. The minimum Gasteiger partial charge on any atom is -0.497 e. The first-order chi connectivity index (χ1) is 15.5. The molecule has 0 atom stereocenters. The Hall–Kier alpha value is -3.42. The van der Waals surface area contributed by atoms with Crippen molar-refractivity contribution >= 4 is 22.8 Å². The summed E-state index contributed by atoms with van der Waals surface area (Å²) in [5.41, 5.74) is 2.00. The van der Waals surface area contributed by atoms with E-state index in [1.807, 2.05) is 29.2 Å². The SMILES string of the molecule is CCN(CC)c1ncc2c(=O)[nH]c(C3CCN(C(=O)c4cccc(OC)c4)CC3)cc2n1. The summed E-state index contributed by atoms with van der Waals surface area (Å²) in [5.74, 6) is 1.49. The summed E-state index contributed by atoms with van der Waals surface area (Å²) in [7, 11) is 1.59. The van der Waals surface area contributed by atoms with E-state index in [1.54, 1.807) is 19.4 Å². The topological polar surface area (TPSA) is 91.4 Å². The summed E-state index contributed by atoms with van der Waals surface area (Å²) in [5, 5.41) is 0.496. The van der Waals surface area contributed by atoms with Gasteiger partial charge in [-0.25, -0.2) is 9.97 Å². The van der Waals surface area contributed by atoms with E-state index in [-0.39, 0.29) is 17.4 Å². The number of anilines is 1. The van der Waals surface area contributed by atoms with Crippen LogP contribution in [0.2, 0.25) is 0 Å². The highest BCUT2D eigenvalue weighted by Gasteiger charge is 2.26. The van der Waals surface area contributed by atoms with Crippen LogP contribution >= 0.6 is 0 Å². The molecule has 0 unspecified atom stereocenters. The highest BCUT2D eigenvalue weighted by molar-refractivity contribution is 5.94. The first kappa shape index (κ1) is 21.8. The highest BCUT2D eigenvalue weighted by atomic mass is 16.5. The van der Waals surface area contributed by atoms with Crippen molar-refractivity contribution in [3.05, 3.63) is 58.1 Å². The van der Waals surface area contributed by atoms with E-state index in [9.17, 15) is 9.59 Å². The first-order valence-electron chi connectivity index (χ1n) is 11.1. The van der Waals surface area contributed by atoms with E-state index in [4.69, 9.17) is 4.74 Å². The fraction of sp³-hybridized carbons (Fsp3) is 0.417. The minimum atomic E-state index is -0.168. The zero-order chi connectivity index (χ0) is 22.7. The highest BCUT2D eigenvalue weighted by Crippen LogP contribution is 2.28. The number of piperidine rings is 1. The van der Waals surface area contributed by atoms with Crippen LogP contribution in [-0.2, 0) is 0 Å². The van der Waals surface area contributed by atoms with Crippen molar-refractivity contribution < 1.29 is 9.53 Å². The number of amides is 1. The van der Waals surface area contributed by atoms with Crippen LogP contribution in [0.1, 0.15) is 48.7 Å². The Morgan fingerprint density at radius 3 is 2.66 bits per heavy atom. The molecule has 1 amide bonds. The number of carbonyl (C=O) groups is 1. The normalized spacial score (nSPS) is 14.5. The molecule has 1 saturated heterocycles. The molecule has 168 valence electrons. The van der Waals surface area contributed by atoms with Gasteiger partial charge >= 0.3 is 0 Å². The third-order valence-corrected chi connectivity index (χ3v) is 6.19. The van der Waals surface area contributed by atoms with Crippen molar-refractivity contribution in [3.8, 4) is 5.75 Å². The molecule has 3 heterocycles. The molecule has 8 nitrogen and oxygen atoms in total. The molecule has 1 aromatic carbocycles. The standard InChI is InChI=1S/C24H29N5O3/c1-4-28(5-2)24-25-15-19-21(27-24)14-20(26-22(19)30)16-9-11-29(12-10-16)23(31)17-7-6-8-18(13-17)32-3/h6-8,13-16H,4-5,9-12H2,1-3H3,(H,26,30). The molecule has 4 rings (SSSR count). The number of nitrogens with zero attached hydrogens (tertiary/aromatic N) is 4. The Morgan fingerprint density at radius 2 is 1.97 bits per heavy atom. The maximum Gasteiger partial charge on any atom is 0.259 e. The van der Waals surface area contributed by atoms with Gasteiger partial charge in [-0.2, -0.15) is 0 Å². The third kappa shape index (κ3) is 4.30. The summed E-state index contributed by atoms with van der Waals surface area (Å²) < 4.78 is 5.23. The first-order valence-corrected chi connectivity index (χ1v) is 11.1. The number of carbonyl (C=O) groups excluding carboxylic acids is 1. The predicted octanol–water partition coefficient (Wildman–Crippen LogP) is 3.19. The smallest absolute Gasteiger partial charge is 0.259 e. The molecular weight excluding hydrogens is 406 g/mol. The lowest BCUT2D eigenvalue weighted by Gasteiger charge is -2.32. The zero-order valence-corrected chi connectivity index (χ0v) is 18.8. The summed E-state index contributed by atoms with van der Waals surface area (Å²) in [6.45, 7) is 6.99. The van der Waals surface area contributed by atoms with Gasteiger partial charge < -0.3 is 19.5 Å². The fourth-order valence-corrected chi connectivity index (χ4v) is 4.26. The molecule has 2 aromatic heterocycles. The van der Waals surface area contributed by atoms with Gasteiger partial charge in [-0.3, -0.25) is 9.59 Å². The van der Waals surface area contributed by atoms with E-state index in [0.717, 1.165) is 31.6 Å². The number of rotatable bonds is 6. The van der Waals surface area contributed by atoms with Crippen molar-refractivity contribution in [1.82, 2.24) is 19.9 Å². The van der Waals surface area contributed by atoms with Crippen LogP contribution in [0.3, 0.4) is 0 Å². The lowest BCUT2D eigenvalue weighted by atomic mass is 9.92. The van der Waals surface area contributed by atoms with Crippen molar-refractivity contribution in [1.29, 1.82) is 0 Å². The fourth-order valence-electron chi connectivity index (χ4n) is 4.26.